The van der Waals surface area contributed by atoms with Gasteiger partial charge in [0.15, 0.2) is 0 Å². The van der Waals surface area contributed by atoms with E-state index in [-0.39, 0.29) is 6.10 Å². The van der Waals surface area contributed by atoms with Gasteiger partial charge in [-0.2, -0.15) is 5.10 Å². The van der Waals surface area contributed by atoms with Crippen LogP contribution in [0.15, 0.2) is 0 Å². The molecule has 0 aromatic carbocycles. The van der Waals surface area contributed by atoms with Crippen LogP contribution < -0.4 is 0 Å². The van der Waals surface area contributed by atoms with Crippen LogP contribution in [-0.4, -0.2) is 39.0 Å². The second-order valence-electron chi connectivity index (χ2n) is 4.88. The molecule has 102 valence electrons. The highest BCUT2D eigenvalue weighted by atomic mass is 35.5. The smallest absolute Gasteiger partial charge is 0.0863 e. The van der Waals surface area contributed by atoms with Gasteiger partial charge in [-0.1, -0.05) is 18.5 Å². The monoisotopic (exact) mass is 271 g/mol. The normalized spacial score (nSPS) is 18.4. The van der Waals surface area contributed by atoms with Gasteiger partial charge in [-0.3, -0.25) is 9.58 Å². The second-order valence-corrected chi connectivity index (χ2v) is 5.26. The maximum absolute atomic E-state index is 9.52. The number of rotatable bonds is 4. The Morgan fingerprint density at radius 3 is 2.56 bits per heavy atom. The van der Waals surface area contributed by atoms with Crippen molar-refractivity contribution >= 4 is 11.6 Å². The van der Waals surface area contributed by atoms with Gasteiger partial charge in [0.25, 0.3) is 0 Å². The van der Waals surface area contributed by atoms with Gasteiger partial charge in [0.05, 0.1) is 22.5 Å². The number of aromatic nitrogens is 2. The lowest BCUT2D eigenvalue weighted by molar-refractivity contribution is 0.0780. The number of aliphatic hydroxyl groups excluding tert-OH is 1. The molecule has 18 heavy (non-hydrogen) atoms. The molecular formula is C13H22ClN3O. The first-order valence-corrected chi connectivity index (χ1v) is 7.18. The fraction of sp³-hybridized carbons (Fsp3) is 0.769. The van der Waals surface area contributed by atoms with Crippen molar-refractivity contribution in [2.24, 2.45) is 0 Å². The highest BCUT2D eigenvalue weighted by molar-refractivity contribution is 6.31. The SMILES string of the molecule is CCc1nn(CC)c(CN2CCC(O)CC2)c1Cl. The predicted molar refractivity (Wildman–Crippen MR) is 72.8 cm³/mol. The summed E-state index contributed by atoms with van der Waals surface area (Å²) >= 11 is 6.40. The summed E-state index contributed by atoms with van der Waals surface area (Å²) < 4.78 is 2.01. The maximum atomic E-state index is 9.52. The quantitative estimate of drug-likeness (QED) is 0.912. The minimum Gasteiger partial charge on any atom is -0.393 e. The topological polar surface area (TPSA) is 41.3 Å². The van der Waals surface area contributed by atoms with Crippen LogP contribution in [0.2, 0.25) is 5.02 Å². The Bertz CT molecular complexity index is 397. The molecule has 1 fully saturated rings. The Labute approximate surface area is 114 Å². The zero-order valence-electron chi connectivity index (χ0n) is 11.2. The maximum Gasteiger partial charge on any atom is 0.0863 e. The molecule has 1 aromatic heterocycles. The summed E-state index contributed by atoms with van der Waals surface area (Å²) in [7, 11) is 0. The van der Waals surface area contributed by atoms with Gasteiger partial charge in [0, 0.05) is 26.2 Å². The Kier molecular flexibility index (Phi) is 4.65. The molecule has 1 N–H and O–H groups in total. The van der Waals surface area contributed by atoms with Gasteiger partial charge in [-0.25, -0.2) is 0 Å². The number of hydrogen-bond donors (Lipinski definition) is 1. The zero-order chi connectivity index (χ0) is 13.1. The van der Waals surface area contributed by atoms with Gasteiger partial charge < -0.3 is 5.11 Å². The molecular weight excluding hydrogens is 250 g/mol. The third-order valence-electron chi connectivity index (χ3n) is 3.62. The molecule has 2 heterocycles. The number of aryl methyl sites for hydroxylation is 2. The van der Waals surface area contributed by atoms with E-state index >= 15 is 0 Å². The third-order valence-corrected chi connectivity index (χ3v) is 4.06. The summed E-state index contributed by atoms with van der Waals surface area (Å²) in [4.78, 5) is 2.35. The van der Waals surface area contributed by atoms with Gasteiger partial charge in [0.2, 0.25) is 0 Å². The van der Waals surface area contributed by atoms with Crippen LogP contribution >= 0.6 is 11.6 Å². The largest absolute Gasteiger partial charge is 0.393 e. The van der Waals surface area contributed by atoms with Gasteiger partial charge in [0.1, 0.15) is 0 Å². The van der Waals surface area contributed by atoms with Crippen molar-refractivity contribution in [1.29, 1.82) is 0 Å². The van der Waals surface area contributed by atoms with E-state index in [1.165, 1.54) is 0 Å². The standard InChI is InChI=1S/C13H22ClN3O/c1-3-11-13(14)12(17(4-2)15-11)9-16-7-5-10(18)6-8-16/h10,18H,3-9H2,1-2H3. The summed E-state index contributed by atoms with van der Waals surface area (Å²) in [6, 6.07) is 0. The molecule has 1 aromatic rings. The van der Waals surface area contributed by atoms with E-state index in [1.807, 2.05) is 4.68 Å². The first-order valence-electron chi connectivity index (χ1n) is 6.80. The number of piperidine rings is 1. The Hall–Kier alpha value is -0.580. The number of hydrogen-bond acceptors (Lipinski definition) is 3. The summed E-state index contributed by atoms with van der Waals surface area (Å²) in [5, 5.41) is 14.9. The molecule has 0 unspecified atom stereocenters. The average Bonchev–Trinajstić information content (AvgIpc) is 2.69. The lowest BCUT2D eigenvalue weighted by atomic mass is 10.1. The first-order chi connectivity index (χ1) is 8.65. The van der Waals surface area contributed by atoms with E-state index in [0.29, 0.717) is 0 Å². The van der Waals surface area contributed by atoms with Crippen LogP contribution in [0, 0.1) is 0 Å². The fourth-order valence-electron chi connectivity index (χ4n) is 2.46. The molecule has 4 nitrogen and oxygen atoms in total. The minimum absolute atomic E-state index is 0.126. The molecule has 2 rings (SSSR count). The van der Waals surface area contributed by atoms with E-state index in [4.69, 9.17) is 11.6 Å². The molecule has 5 heteroatoms. The molecule has 0 aliphatic carbocycles. The molecule has 1 aliphatic rings. The number of likely N-dealkylation sites (tertiary alicyclic amines) is 1. The van der Waals surface area contributed by atoms with Gasteiger partial charge in [-0.05, 0) is 26.2 Å². The molecule has 0 amide bonds. The van der Waals surface area contributed by atoms with Crippen molar-refractivity contribution < 1.29 is 5.11 Å². The molecule has 0 spiro atoms. The van der Waals surface area contributed by atoms with Crippen molar-refractivity contribution in [3.8, 4) is 0 Å². The van der Waals surface area contributed by atoms with Crippen molar-refractivity contribution in [3.05, 3.63) is 16.4 Å². The van der Waals surface area contributed by atoms with Crippen LogP contribution in [0.1, 0.15) is 38.1 Å². The van der Waals surface area contributed by atoms with Crippen LogP contribution in [-0.2, 0) is 19.5 Å². The lowest BCUT2D eigenvalue weighted by Crippen LogP contribution is -2.35. The predicted octanol–water partition coefficient (Wildman–Crippen LogP) is 2.08. The summed E-state index contributed by atoms with van der Waals surface area (Å²) in [6.07, 6.45) is 2.47. The van der Waals surface area contributed by atoms with Gasteiger partial charge in [-0.15, -0.1) is 0 Å². The van der Waals surface area contributed by atoms with Crippen LogP contribution in [0.3, 0.4) is 0 Å². The van der Waals surface area contributed by atoms with Crippen LogP contribution in [0.5, 0.6) is 0 Å². The Balaban J connectivity index is 2.10. The molecule has 1 saturated heterocycles. The van der Waals surface area contributed by atoms with E-state index in [1.54, 1.807) is 0 Å². The molecule has 0 saturated carbocycles. The number of halogens is 1. The van der Waals surface area contributed by atoms with Crippen molar-refractivity contribution in [2.75, 3.05) is 13.1 Å². The molecule has 0 bridgehead atoms. The summed E-state index contributed by atoms with van der Waals surface area (Å²) in [5.41, 5.74) is 2.11. The fourth-order valence-corrected chi connectivity index (χ4v) is 2.79. The minimum atomic E-state index is -0.126. The Morgan fingerprint density at radius 2 is 2.00 bits per heavy atom. The molecule has 0 atom stereocenters. The van der Waals surface area contributed by atoms with Crippen molar-refractivity contribution in [2.45, 2.75) is 52.3 Å². The van der Waals surface area contributed by atoms with E-state index in [9.17, 15) is 5.11 Å². The number of nitrogens with zero attached hydrogens (tertiary/aromatic N) is 3. The van der Waals surface area contributed by atoms with Gasteiger partial charge >= 0.3 is 0 Å². The van der Waals surface area contributed by atoms with Crippen molar-refractivity contribution in [1.82, 2.24) is 14.7 Å². The third kappa shape index (κ3) is 2.87. The highest BCUT2D eigenvalue weighted by Crippen LogP contribution is 2.24. The molecule has 1 aliphatic heterocycles. The van der Waals surface area contributed by atoms with Crippen molar-refractivity contribution in [3.63, 3.8) is 0 Å². The summed E-state index contributed by atoms with van der Waals surface area (Å²) in [5.74, 6) is 0. The average molecular weight is 272 g/mol. The van der Waals surface area contributed by atoms with Crippen LogP contribution in [0.25, 0.3) is 0 Å². The van der Waals surface area contributed by atoms with E-state index in [0.717, 1.165) is 61.9 Å². The lowest BCUT2D eigenvalue weighted by Gasteiger charge is -2.29. The van der Waals surface area contributed by atoms with Crippen LogP contribution in [0.4, 0.5) is 0 Å². The van der Waals surface area contributed by atoms with E-state index < -0.39 is 0 Å². The Morgan fingerprint density at radius 1 is 1.33 bits per heavy atom. The second kappa shape index (κ2) is 6.04. The molecule has 0 radical (unpaired) electrons. The highest BCUT2D eigenvalue weighted by Gasteiger charge is 2.21. The number of aliphatic hydroxyl groups is 1. The summed E-state index contributed by atoms with van der Waals surface area (Å²) in [6.45, 7) is 7.74. The van der Waals surface area contributed by atoms with E-state index in [2.05, 4.69) is 23.8 Å². The zero-order valence-corrected chi connectivity index (χ0v) is 11.9. The first kappa shape index (κ1) is 13.8.